The van der Waals surface area contributed by atoms with Gasteiger partial charge in [-0.1, -0.05) is 72.3 Å². The van der Waals surface area contributed by atoms with Crippen molar-refractivity contribution in [1.82, 2.24) is 0 Å². The van der Waals surface area contributed by atoms with Crippen LogP contribution in [0.1, 0.15) is 58.7 Å². The zero-order chi connectivity index (χ0) is 28.6. The van der Waals surface area contributed by atoms with Crippen molar-refractivity contribution in [2.75, 3.05) is 4.90 Å². The van der Waals surface area contributed by atoms with Crippen LogP contribution in [0.3, 0.4) is 0 Å². The average Bonchev–Trinajstić information content (AvgIpc) is 3.20. The fraction of sp³-hybridized carbons (Fsp3) is 0.0667. The molecule has 40 heavy (non-hydrogen) atoms. The van der Waals surface area contributed by atoms with E-state index in [1.165, 1.54) is 12.1 Å². The molecule has 0 aliphatic carbocycles. The summed E-state index contributed by atoms with van der Waals surface area (Å²) in [6.07, 6.45) is -6.04. The van der Waals surface area contributed by atoms with Crippen molar-refractivity contribution in [3.05, 3.63) is 135 Å². The van der Waals surface area contributed by atoms with Crippen LogP contribution < -0.4 is 4.90 Å². The highest BCUT2D eigenvalue weighted by molar-refractivity contribution is 6.40. The number of hydrogen-bond acceptors (Lipinski definition) is 5. The van der Waals surface area contributed by atoms with E-state index in [2.05, 4.69) is 0 Å². The van der Waals surface area contributed by atoms with Gasteiger partial charge in [-0.05, 0) is 36.4 Å². The summed E-state index contributed by atoms with van der Waals surface area (Å²) in [4.78, 5) is 53.2. The number of hydrogen-bond donors (Lipinski definition) is 0. The lowest BCUT2D eigenvalue weighted by Gasteiger charge is -2.18. The van der Waals surface area contributed by atoms with Gasteiger partial charge in [0.1, 0.15) is 0 Å². The lowest BCUT2D eigenvalue weighted by Crippen LogP contribution is -2.30. The molecule has 1 heterocycles. The minimum atomic E-state index is -4.73. The molecular formula is C30H17ClF3NO5. The van der Waals surface area contributed by atoms with Gasteiger partial charge in [-0.2, -0.15) is 13.2 Å². The summed E-state index contributed by atoms with van der Waals surface area (Å²) in [7, 11) is 0. The van der Waals surface area contributed by atoms with Crippen LogP contribution in [0.4, 0.5) is 18.9 Å². The van der Waals surface area contributed by atoms with E-state index in [4.69, 9.17) is 16.3 Å². The fourth-order valence-corrected chi connectivity index (χ4v) is 4.48. The largest absolute Gasteiger partial charge is 0.445 e. The molecule has 1 aliphatic heterocycles. The van der Waals surface area contributed by atoms with E-state index < -0.39 is 47.1 Å². The summed E-state index contributed by atoms with van der Waals surface area (Å²) in [5.74, 6) is -3.28. The Labute approximate surface area is 230 Å². The van der Waals surface area contributed by atoms with E-state index in [-0.39, 0.29) is 21.7 Å². The number of rotatable bonds is 6. The van der Waals surface area contributed by atoms with Crippen molar-refractivity contribution < 1.29 is 37.1 Å². The summed E-state index contributed by atoms with van der Waals surface area (Å²) in [6.45, 7) is 0. The molecule has 0 N–H and O–H groups in total. The first kappa shape index (κ1) is 26.8. The van der Waals surface area contributed by atoms with Crippen molar-refractivity contribution in [1.29, 1.82) is 0 Å². The third-order valence-electron chi connectivity index (χ3n) is 6.26. The molecule has 0 radical (unpaired) electrons. The Morgan fingerprint density at radius 3 is 2.02 bits per heavy atom. The van der Waals surface area contributed by atoms with Crippen LogP contribution in [-0.4, -0.2) is 23.6 Å². The maximum Gasteiger partial charge on any atom is 0.416 e. The Kier molecular flexibility index (Phi) is 6.99. The first-order valence-electron chi connectivity index (χ1n) is 11.8. The number of amides is 2. The smallest absolute Gasteiger partial charge is 0.416 e. The van der Waals surface area contributed by atoms with Crippen LogP contribution in [0.25, 0.3) is 0 Å². The number of carbonyl (C=O) groups excluding carboxylic acids is 4. The topological polar surface area (TPSA) is 80.8 Å². The average molecular weight is 564 g/mol. The van der Waals surface area contributed by atoms with Crippen LogP contribution >= 0.6 is 11.6 Å². The van der Waals surface area contributed by atoms with Gasteiger partial charge in [-0.25, -0.2) is 9.69 Å². The molecule has 1 atom stereocenters. The number of ether oxygens (including phenoxy) is 1. The normalized spacial score (nSPS) is 13.7. The Morgan fingerprint density at radius 1 is 0.750 bits per heavy atom. The van der Waals surface area contributed by atoms with Gasteiger partial charge in [0, 0.05) is 11.1 Å². The van der Waals surface area contributed by atoms with E-state index in [9.17, 15) is 32.3 Å². The molecule has 0 unspecified atom stereocenters. The lowest BCUT2D eigenvalue weighted by atomic mass is 9.99. The number of benzene rings is 4. The third kappa shape index (κ3) is 4.99. The van der Waals surface area contributed by atoms with E-state index >= 15 is 0 Å². The predicted molar refractivity (Wildman–Crippen MR) is 139 cm³/mol. The van der Waals surface area contributed by atoms with Gasteiger partial charge in [-0.3, -0.25) is 14.4 Å². The zero-order valence-corrected chi connectivity index (χ0v) is 21.1. The second-order valence-electron chi connectivity index (χ2n) is 8.80. The standard InChI is InChI=1S/C30H17ClF3NO5/c31-23-14-12-20(30(32,33)34)16-24(23)35-27(37)21-13-11-19(15-22(21)28(35)38)29(39)40-26(18-9-5-2-6-10-18)25(36)17-7-3-1-4-8-17/h1-16,26H/t26-/m1/s1. The van der Waals surface area contributed by atoms with Gasteiger partial charge in [0.2, 0.25) is 5.78 Å². The van der Waals surface area contributed by atoms with Crippen LogP contribution in [0.2, 0.25) is 5.02 Å². The molecule has 0 bridgehead atoms. The van der Waals surface area contributed by atoms with Crippen molar-refractivity contribution in [2.24, 2.45) is 0 Å². The van der Waals surface area contributed by atoms with E-state index in [0.29, 0.717) is 22.1 Å². The number of nitrogens with zero attached hydrogens (tertiary/aromatic N) is 1. The first-order valence-corrected chi connectivity index (χ1v) is 12.2. The Bertz CT molecular complexity index is 1660. The molecule has 5 rings (SSSR count). The molecule has 10 heteroatoms. The maximum absolute atomic E-state index is 13.3. The number of carbonyl (C=O) groups is 4. The molecule has 200 valence electrons. The molecule has 4 aromatic rings. The van der Waals surface area contributed by atoms with Crippen LogP contribution in [0, 0.1) is 0 Å². The summed E-state index contributed by atoms with van der Waals surface area (Å²) >= 11 is 6.06. The van der Waals surface area contributed by atoms with E-state index in [1.807, 2.05) is 0 Å². The Balaban J connectivity index is 1.46. The second-order valence-corrected chi connectivity index (χ2v) is 9.20. The molecule has 4 aromatic carbocycles. The van der Waals surface area contributed by atoms with Crippen molar-refractivity contribution in [3.63, 3.8) is 0 Å². The van der Waals surface area contributed by atoms with E-state index in [0.717, 1.165) is 18.2 Å². The SMILES string of the molecule is O=C(O[C@@H](C(=O)c1ccccc1)c1ccccc1)c1ccc2c(c1)C(=O)N(c1cc(C(F)(F)F)ccc1Cl)C2=O. The van der Waals surface area contributed by atoms with Gasteiger partial charge in [0.15, 0.2) is 6.10 Å². The number of esters is 1. The minimum Gasteiger partial charge on any atom is -0.445 e. The molecule has 2 amide bonds. The van der Waals surface area contributed by atoms with Gasteiger partial charge in [-0.15, -0.1) is 0 Å². The van der Waals surface area contributed by atoms with Crippen LogP contribution in [0.15, 0.2) is 97.1 Å². The minimum absolute atomic E-state index is 0.130. The number of ketones is 1. The first-order chi connectivity index (χ1) is 19.1. The van der Waals surface area contributed by atoms with Crippen LogP contribution in [0.5, 0.6) is 0 Å². The summed E-state index contributed by atoms with van der Waals surface area (Å²) < 4.78 is 45.4. The quantitative estimate of drug-likeness (QED) is 0.144. The summed E-state index contributed by atoms with van der Waals surface area (Å²) in [5, 5.41) is -0.243. The number of imide groups is 1. The van der Waals surface area contributed by atoms with Crippen molar-refractivity contribution in [3.8, 4) is 0 Å². The Hall–Kier alpha value is -4.76. The van der Waals surface area contributed by atoms with E-state index in [1.54, 1.807) is 60.7 Å². The molecule has 6 nitrogen and oxygen atoms in total. The number of fused-ring (bicyclic) bond motifs is 1. The van der Waals surface area contributed by atoms with Gasteiger partial charge >= 0.3 is 12.1 Å². The van der Waals surface area contributed by atoms with Gasteiger partial charge in [0.25, 0.3) is 11.8 Å². The monoisotopic (exact) mass is 563 g/mol. The van der Waals surface area contributed by atoms with Crippen molar-refractivity contribution in [2.45, 2.75) is 12.3 Å². The molecule has 0 spiro atoms. The lowest BCUT2D eigenvalue weighted by molar-refractivity contribution is -0.137. The number of anilines is 1. The number of halogens is 4. The van der Waals surface area contributed by atoms with Gasteiger partial charge < -0.3 is 4.74 Å². The van der Waals surface area contributed by atoms with Crippen molar-refractivity contribution >= 4 is 40.9 Å². The highest BCUT2D eigenvalue weighted by Crippen LogP contribution is 2.38. The predicted octanol–water partition coefficient (Wildman–Crippen LogP) is 6.94. The molecule has 1 aliphatic rings. The number of alkyl halides is 3. The second kappa shape index (κ2) is 10.4. The fourth-order valence-electron chi connectivity index (χ4n) is 4.28. The maximum atomic E-state index is 13.3. The summed E-state index contributed by atoms with van der Waals surface area (Å²) in [5.41, 5.74) is -1.30. The third-order valence-corrected chi connectivity index (χ3v) is 6.58. The Morgan fingerprint density at radius 2 is 1.38 bits per heavy atom. The number of Topliss-reactive ketones (excluding diaryl/α,β-unsaturated/α-hetero) is 1. The van der Waals surface area contributed by atoms with Gasteiger partial charge in [0.05, 0.1) is 33.0 Å². The molecule has 0 aromatic heterocycles. The highest BCUT2D eigenvalue weighted by Gasteiger charge is 2.40. The summed E-state index contributed by atoms with van der Waals surface area (Å²) in [6, 6.07) is 22.4. The molecule has 0 saturated carbocycles. The molecule has 0 fully saturated rings. The molecule has 0 saturated heterocycles. The van der Waals surface area contributed by atoms with Crippen LogP contribution in [-0.2, 0) is 10.9 Å². The zero-order valence-electron chi connectivity index (χ0n) is 20.3. The highest BCUT2D eigenvalue weighted by atomic mass is 35.5. The molecular weight excluding hydrogens is 547 g/mol.